The number of carbonyl (C=O) groups is 2. The van der Waals surface area contributed by atoms with Gasteiger partial charge in [-0.1, -0.05) is 0 Å². The van der Waals surface area contributed by atoms with Gasteiger partial charge in [-0.05, 0) is 62.4 Å². The molecule has 6 heteroatoms. The first kappa shape index (κ1) is 18.3. The molecule has 3 amide bonds. The topological polar surface area (TPSA) is 73.5 Å². The fraction of sp³-hybridized carbons (Fsp3) is 0.263. The van der Waals surface area contributed by atoms with Gasteiger partial charge in [-0.25, -0.2) is 4.79 Å². The zero-order valence-electron chi connectivity index (χ0n) is 14.8. The van der Waals surface area contributed by atoms with Crippen molar-refractivity contribution in [3.63, 3.8) is 0 Å². The summed E-state index contributed by atoms with van der Waals surface area (Å²) in [7, 11) is 1.55. The second kappa shape index (κ2) is 8.73. The monoisotopic (exact) mass is 340 g/mol. The van der Waals surface area contributed by atoms with Crippen molar-refractivity contribution in [1.82, 2.24) is 5.32 Å². The number of carbonyl (C=O) groups excluding carboxylic acids is 2. The smallest absolute Gasteiger partial charge is 0.318 e. The van der Waals surface area contributed by atoms with Crippen LogP contribution in [-0.4, -0.2) is 32.1 Å². The SMILES string of the molecule is CCN(CC)c1ccc(C(=O)Nc2ccc(NC(=O)NC)cc2)cc1. The average Bonchev–Trinajstić information content (AvgIpc) is 2.64. The van der Waals surface area contributed by atoms with Crippen molar-refractivity contribution in [2.24, 2.45) is 0 Å². The summed E-state index contributed by atoms with van der Waals surface area (Å²) in [5, 5.41) is 7.99. The van der Waals surface area contributed by atoms with Gasteiger partial charge in [0.2, 0.25) is 0 Å². The molecule has 0 radical (unpaired) electrons. The molecule has 0 aliphatic rings. The minimum Gasteiger partial charge on any atom is -0.372 e. The molecular weight excluding hydrogens is 316 g/mol. The van der Waals surface area contributed by atoms with Crippen LogP contribution in [0.25, 0.3) is 0 Å². The van der Waals surface area contributed by atoms with E-state index in [-0.39, 0.29) is 11.9 Å². The largest absolute Gasteiger partial charge is 0.372 e. The number of urea groups is 1. The van der Waals surface area contributed by atoms with Crippen LogP contribution in [0.2, 0.25) is 0 Å². The van der Waals surface area contributed by atoms with E-state index in [1.165, 1.54) is 0 Å². The number of benzene rings is 2. The number of hydrogen-bond donors (Lipinski definition) is 3. The quantitative estimate of drug-likeness (QED) is 0.753. The number of nitrogens with one attached hydrogen (secondary N) is 3. The van der Waals surface area contributed by atoms with Gasteiger partial charge in [-0.2, -0.15) is 0 Å². The summed E-state index contributed by atoms with van der Waals surface area (Å²) in [5.74, 6) is -0.168. The zero-order chi connectivity index (χ0) is 18.2. The van der Waals surface area contributed by atoms with Crippen LogP contribution in [0.4, 0.5) is 21.9 Å². The van der Waals surface area contributed by atoms with Gasteiger partial charge in [-0.3, -0.25) is 4.79 Å². The highest BCUT2D eigenvalue weighted by Gasteiger charge is 2.08. The number of amides is 3. The molecule has 0 heterocycles. The second-order valence-corrected chi connectivity index (χ2v) is 5.45. The van der Waals surface area contributed by atoms with Crippen molar-refractivity contribution in [3.05, 3.63) is 54.1 Å². The van der Waals surface area contributed by atoms with Gasteiger partial charge < -0.3 is 20.9 Å². The summed E-state index contributed by atoms with van der Waals surface area (Å²) in [6, 6.07) is 14.2. The molecule has 3 N–H and O–H groups in total. The molecule has 0 aliphatic heterocycles. The Kier molecular flexibility index (Phi) is 6.39. The van der Waals surface area contributed by atoms with Crippen LogP contribution in [0.3, 0.4) is 0 Å². The highest BCUT2D eigenvalue weighted by atomic mass is 16.2. The molecule has 0 aromatic heterocycles. The molecule has 2 rings (SSSR count). The third kappa shape index (κ3) is 4.97. The lowest BCUT2D eigenvalue weighted by Crippen LogP contribution is -2.24. The number of rotatable bonds is 6. The van der Waals surface area contributed by atoms with Gasteiger partial charge in [0, 0.05) is 42.8 Å². The van der Waals surface area contributed by atoms with Crippen molar-refractivity contribution < 1.29 is 9.59 Å². The molecule has 2 aromatic rings. The Morgan fingerprint density at radius 1 is 0.840 bits per heavy atom. The van der Waals surface area contributed by atoms with E-state index in [2.05, 4.69) is 34.7 Å². The Bertz CT molecular complexity index is 707. The number of nitrogens with zero attached hydrogens (tertiary/aromatic N) is 1. The van der Waals surface area contributed by atoms with Gasteiger partial charge >= 0.3 is 6.03 Å². The minimum atomic E-state index is -0.287. The fourth-order valence-corrected chi connectivity index (χ4v) is 2.45. The third-order valence-electron chi connectivity index (χ3n) is 3.89. The third-order valence-corrected chi connectivity index (χ3v) is 3.89. The average molecular weight is 340 g/mol. The first-order valence-electron chi connectivity index (χ1n) is 8.32. The molecule has 2 aromatic carbocycles. The van der Waals surface area contributed by atoms with E-state index in [4.69, 9.17) is 0 Å². The molecule has 0 saturated heterocycles. The Labute approximate surface area is 148 Å². The van der Waals surface area contributed by atoms with Crippen molar-refractivity contribution in [3.8, 4) is 0 Å². The van der Waals surface area contributed by atoms with Gasteiger partial charge in [-0.15, -0.1) is 0 Å². The Morgan fingerprint density at radius 2 is 1.36 bits per heavy atom. The minimum absolute atomic E-state index is 0.168. The first-order valence-corrected chi connectivity index (χ1v) is 8.32. The van der Waals surface area contributed by atoms with E-state index < -0.39 is 0 Å². The van der Waals surface area contributed by atoms with E-state index in [1.54, 1.807) is 31.3 Å². The van der Waals surface area contributed by atoms with Crippen LogP contribution in [0.1, 0.15) is 24.2 Å². The summed E-state index contributed by atoms with van der Waals surface area (Å²) in [5.41, 5.74) is 3.02. The molecule has 0 spiro atoms. The molecule has 6 nitrogen and oxygen atoms in total. The Balaban J connectivity index is 2.00. The van der Waals surface area contributed by atoms with Crippen LogP contribution >= 0.6 is 0 Å². The Hall–Kier alpha value is -3.02. The number of anilines is 3. The lowest BCUT2D eigenvalue weighted by Gasteiger charge is -2.21. The maximum atomic E-state index is 12.3. The van der Waals surface area contributed by atoms with E-state index in [1.807, 2.05) is 24.3 Å². The summed E-state index contributed by atoms with van der Waals surface area (Å²) < 4.78 is 0. The molecule has 0 fully saturated rings. The summed E-state index contributed by atoms with van der Waals surface area (Å²) in [6.45, 7) is 6.07. The van der Waals surface area contributed by atoms with E-state index in [9.17, 15) is 9.59 Å². The van der Waals surface area contributed by atoms with Crippen molar-refractivity contribution in [1.29, 1.82) is 0 Å². The lowest BCUT2D eigenvalue weighted by molar-refractivity contribution is 0.102. The molecule has 0 saturated carbocycles. The highest BCUT2D eigenvalue weighted by Crippen LogP contribution is 2.17. The van der Waals surface area contributed by atoms with Gasteiger partial charge in [0.15, 0.2) is 0 Å². The van der Waals surface area contributed by atoms with E-state index >= 15 is 0 Å². The Morgan fingerprint density at radius 3 is 1.84 bits per heavy atom. The van der Waals surface area contributed by atoms with Gasteiger partial charge in [0.1, 0.15) is 0 Å². The maximum absolute atomic E-state index is 12.3. The van der Waals surface area contributed by atoms with Crippen molar-refractivity contribution in [2.45, 2.75) is 13.8 Å². The molecule has 25 heavy (non-hydrogen) atoms. The van der Waals surface area contributed by atoms with Crippen LogP contribution < -0.4 is 20.9 Å². The molecule has 0 aliphatic carbocycles. The standard InChI is InChI=1S/C19H24N4O2/c1-4-23(5-2)17-12-6-14(7-13-17)18(24)21-15-8-10-16(11-9-15)22-19(25)20-3/h6-13H,4-5H2,1-3H3,(H,21,24)(H2,20,22,25). The zero-order valence-corrected chi connectivity index (χ0v) is 14.8. The maximum Gasteiger partial charge on any atom is 0.318 e. The number of hydrogen-bond acceptors (Lipinski definition) is 3. The molecule has 0 bridgehead atoms. The van der Waals surface area contributed by atoms with Crippen molar-refractivity contribution >= 4 is 29.0 Å². The fourth-order valence-electron chi connectivity index (χ4n) is 2.45. The van der Waals surface area contributed by atoms with E-state index in [0.717, 1.165) is 18.8 Å². The molecule has 132 valence electrons. The second-order valence-electron chi connectivity index (χ2n) is 5.45. The summed E-state index contributed by atoms with van der Waals surface area (Å²) >= 11 is 0. The molecule has 0 atom stereocenters. The highest BCUT2D eigenvalue weighted by molar-refractivity contribution is 6.04. The first-order chi connectivity index (χ1) is 12.1. The molecule has 0 unspecified atom stereocenters. The van der Waals surface area contributed by atoms with Crippen molar-refractivity contribution in [2.75, 3.05) is 35.7 Å². The van der Waals surface area contributed by atoms with Crippen LogP contribution in [-0.2, 0) is 0 Å². The summed E-state index contributed by atoms with van der Waals surface area (Å²) in [4.78, 5) is 25.8. The predicted molar refractivity (Wildman–Crippen MR) is 102 cm³/mol. The normalized spacial score (nSPS) is 10.0. The van der Waals surface area contributed by atoms with Crippen LogP contribution in [0.5, 0.6) is 0 Å². The van der Waals surface area contributed by atoms with Crippen LogP contribution in [0.15, 0.2) is 48.5 Å². The lowest BCUT2D eigenvalue weighted by atomic mass is 10.1. The van der Waals surface area contributed by atoms with Crippen LogP contribution in [0, 0.1) is 0 Å². The molecular formula is C19H24N4O2. The van der Waals surface area contributed by atoms with Gasteiger partial charge in [0.05, 0.1) is 0 Å². The summed E-state index contributed by atoms with van der Waals surface area (Å²) in [6.07, 6.45) is 0. The van der Waals surface area contributed by atoms with Gasteiger partial charge in [0.25, 0.3) is 5.91 Å². The predicted octanol–water partition coefficient (Wildman–Crippen LogP) is 3.54. The van der Waals surface area contributed by atoms with E-state index in [0.29, 0.717) is 16.9 Å².